The van der Waals surface area contributed by atoms with Gasteiger partial charge in [0.2, 0.25) is 0 Å². The van der Waals surface area contributed by atoms with E-state index in [1.54, 1.807) is 0 Å². The Kier molecular flexibility index (Phi) is 4.23. The van der Waals surface area contributed by atoms with Crippen molar-refractivity contribution in [2.45, 2.75) is 6.92 Å². The first-order valence-electron chi connectivity index (χ1n) is 4.62. The molecule has 0 radical (unpaired) electrons. The molecule has 0 fully saturated rings. The molecule has 0 saturated heterocycles. The maximum atomic E-state index is 8.53. The summed E-state index contributed by atoms with van der Waals surface area (Å²) >= 11 is 0. The van der Waals surface area contributed by atoms with Crippen molar-refractivity contribution in [3.63, 3.8) is 0 Å². The molecule has 0 aliphatic rings. The molecule has 1 heteroatoms. The minimum atomic E-state index is -0.0181. The number of benzene rings is 1. The molecule has 70 valence electrons. The first kappa shape index (κ1) is 10.3. The van der Waals surface area contributed by atoms with Gasteiger partial charge in [0.05, 0.1) is 12.0 Å². The van der Waals surface area contributed by atoms with Crippen LogP contribution in [0.5, 0.6) is 0 Å². The molecule has 0 aliphatic carbocycles. The van der Waals surface area contributed by atoms with E-state index >= 15 is 0 Å². The summed E-state index contributed by atoms with van der Waals surface area (Å²) in [7, 11) is 0. The van der Waals surface area contributed by atoms with Crippen molar-refractivity contribution in [2.75, 3.05) is 0 Å². The maximum Gasteiger partial charge on any atom is 0.0694 e. The third-order valence-electron chi connectivity index (χ3n) is 1.80. The number of allylic oxidation sites excluding steroid dienone is 3. The largest absolute Gasteiger partial charge is 0.198 e. The van der Waals surface area contributed by atoms with Gasteiger partial charge in [-0.3, -0.25) is 0 Å². The molecule has 0 amide bonds. The van der Waals surface area contributed by atoms with Crippen LogP contribution in [0.4, 0.5) is 0 Å². The quantitative estimate of drug-likeness (QED) is 0.659. The van der Waals surface area contributed by atoms with Crippen LogP contribution in [0, 0.1) is 17.2 Å². The van der Waals surface area contributed by atoms with Crippen LogP contribution in [-0.4, -0.2) is 0 Å². The Hall–Kier alpha value is -1.81. The maximum absolute atomic E-state index is 8.53. The normalized spacial score (nSPS) is 13.1. The monoisotopic (exact) mass is 183 g/mol. The van der Waals surface area contributed by atoms with Gasteiger partial charge < -0.3 is 0 Å². The van der Waals surface area contributed by atoms with Gasteiger partial charge in [-0.15, -0.1) is 0 Å². The highest BCUT2D eigenvalue weighted by Crippen LogP contribution is 2.01. The smallest absolute Gasteiger partial charge is 0.0694 e. The van der Waals surface area contributed by atoms with Gasteiger partial charge in [-0.2, -0.15) is 5.26 Å². The zero-order chi connectivity index (χ0) is 10.2. The Balaban J connectivity index is 2.51. The van der Waals surface area contributed by atoms with Crippen molar-refractivity contribution in [3.05, 3.63) is 54.1 Å². The van der Waals surface area contributed by atoms with Crippen molar-refractivity contribution >= 4 is 6.08 Å². The van der Waals surface area contributed by atoms with Crippen molar-refractivity contribution in [2.24, 2.45) is 5.92 Å². The van der Waals surface area contributed by atoms with Crippen molar-refractivity contribution in [1.29, 1.82) is 5.26 Å². The highest BCUT2D eigenvalue weighted by Gasteiger charge is 1.87. The van der Waals surface area contributed by atoms with E-state index in [0.717, 1.165) is 0 Å². The van der Waals surface area contributed by atoms with Gasteiger partial charge in [-0.1, -0.05) is 54.6 Å². The van der Waals surface area contributed by atoms with Gasteiger partial charge in [0, 0.05) is 0 Å². The Bertz CT molecular complexity index is 355. The number of nitriles is 1. The first-order valence-corrected chi connectivity index (χ1v) is 4.62. The molecule has 1 atom stereocenters. The van der Waals surface area contributed by atoms with Gasteiger partial charge in [0.25, 0.3) is 0 Å². The van der Waals surface area contributed by atoms with E-state index in [-0.39, 0.29) is 5.92 Å². The third kappa shape index (κ3) is 3.73. The van der Waals surface area contributed by atoms with E-state index in [1.807, 2.05) is 61.6 Å². The van der Waals surface area contributed by atoms with Crippen molar-refractivity contribution in [1.82, 2.24) is 0 Å². The fourth-order valence-electron chi connectivity index (χ4n) is 1.00. The fourth-order valence-corrected chi connectivity index (χ4v) is 1.00. The summed E-state index contributed by atoms with van der Waals surface area (Å²) < 4.78 is 0. The number of rotatable bonds is 3. The SMILES string of the molecule is CC(C#N)/C=C/C=C/c1ccccc1. The summed E-state index contributed by atoms with van der Waals surface area (Å²) in [6, 6.07) is 12.2. The minimum Gasteiger partial charge on any atom is -0.198 e. The summed E-state index contributed by atoms with van der Waals surface area (Å²) in [5, 5.41) is 8.53. The van der Waals surface area contributed by atoms with Gasteiger partial charge in [-0.25, -0.2) is 0 Å². The lowest BCUT2D eigenvalue weighted by molar-refractivity contribution is 0.957. The van der Waals surface area contributed by atoms with E-state index in [9.17, 15) is 0 Å². The van der Waals surface area contributed by atoms with Crippen LogP contribution in [-0.2, 0) is 0 Å². The number of hydrogen-bond donors (Lipinski definition) is 0. The van der Waals surface area contributed by atoms with Crippen LogP contribution in [0.3, 0.4) is 0 Å². The molecule has 14 heavy (non-hydrogen) atoms. The topological polar surface area (TPSA) is 23.8 Å². The first-order chi connectivity index (χ1) is 6.83. The molecule has 0 saturated carbocycles. The summed E-state index contributed by atoms with van der Waals surface area (Å²) in [4.78, 5) is 0. The lowest BCUT2D eigenvalue weighted by atomic mass is 10.2. The van der Waals surface area contributed by atoms with Crippen LogP contribution in [0.25, 0.3) is 6.08 Å². The average Bonchev–Trinajstić information content (AvgIpc) is 2.25. The van der Waals surface area contributed by atoms with Crippen LogP contribution in [0.2, 0.25) is 0 Å². The standard InChI is InChI=1S/C13H13N/c1-12(11-14)7-5-6-10-13-8-3-2-4-9-13/h2-10,12H,1H3/b7-5+,10-6+. The molecule has 1 unspecified atom stereocenters. The van der Waals surface area contributed by atoms with E-state index < -0.39 is 0 Å². The van der Waals surface area contributed by atoms with Gasteiger partial charge >= 0.3 is 0 Å². The van der Waals surface area contributed by atoms with Crippen LogP contribution in [0.1, 0.15) is 12.5 Å². The molecule has 1 rings (SSSR count). The molecule has 0 aromatic heterocycles. The molecule has 0 heterocycles. The second kappa shape index (κ2) is 5.77. The lowest BCUT2D eigenvalue weighted by Crippen LogP contribution is -1.79. The highest BCUT2D eigenvalue weighted by molar-refractivity contribution is 5.50. The number of nitrogens with zero attached hydrogens (tertiary/aromatic N) is 1. The zero-order valence-electron chi connectivity index (χ0n) is 8.22. The van der Waals surface area contributed by atoms with Gasteiger partial charge in [0.1, 0.15) is 0 Å². The number of hydrogen-bond acceptors (Lipinski definition) is 1. The summed E-state index contributed by atoms with van der Waals surface area (Å²) in [6.07, 6.45) is 7.74. The molecule has 0 bridgehead atoms. The summed E-state index contributed by atoms with van der Waals surface area (Å²) in [6.45, 7) is 1.87. The Morgan fingerprint density at radius 3 is 2.57 bits per heavy atom. The second-order valence-electron chi connectivity index (χ2n) is 3.07. The third-order valence-corrected chi connectivity index (χ3v) is 1.80. The van der Waals surface area contributed by atoms with Crippen molar-refractivity contribution in [3.8, 4) is 6.07 Å². The highest BCUT2D eigenvalue weighted by atomic mass is 14.2. The van der Waals surface area contributed by atoms with E-state index in [1.165, 1.54) is 5.56 Å². The van der Waals surface area contributed by atoms with Crippen LogP contribution >= 0.6 is 0 Å². The molecule has 1 aromatic carbocycles. The van der Waals surface area contributed by atoms with E-state index in [0.29, 0.717) is 0 Å². The fraction of sp³-hybridized carbons (Fsp3) is 0.154. The molecule has 0 spiro atoms. The van der Waals surface area contributed by atoms with Crippen LogP contribution in [0.15, 0.2) is 48.6 Å². The van der Waals surface area contributed by atoms with Gasteiger partial charge in [-0.05, 0) is 12.5 Å². The summed E-state index contributed by atoms with van der Waals surface area (Å²) in [5.41, 5.74) is 1.17. The molecular weight excluding hydrogens is 170 g/mol. The molecule has 1 aromatic rings. The minimum absolute atomic E-state index is 0.0181. The molecule has 0 aliphatic heterocycles. The Morgan fingerprint density at radius 2 is 1.93 bits per heavy atom. The summed E-state index contributed by atoms with van der Waals surface area (Å²) in [5.74, 6) is -0.0181. The van der Waals surface area contributed by atoms with Gasteiger partial charge in [0.15, 0.2) is 0 Å². The lowest BCUT2D eigenvalue weighted by Gasteiger charge is -1.89. The van der Waals surface area contributed by atoms with E-state index in [2.05, 4.69) is 6.07 Å². The van der Waals surface area contributed by atoms with E-state index in [4.69, 9.17) is 5.26 Å². The second-order valence-corrected chi connectivity index (χ2v) is 3.07. The average molecular weight is 183 g/mol. The molecule has 0 N–H and O–H groups in total. The molecular formula is C13H13N. The van der Waals surface area contributed by atoms with Crippen molar-refractivity contribution < 1.29 is 0 Å². The molecule has 1 nitrogen and oxygen atoms in total. The predicted molar refractivity (Wildman–Crippen MR) is 59.4 cm³/mol. The Labute approximate surface area is 85.0 Å². The Morgan fingerprint density at radius 1 is 1.21 bits per heavy atom. The van der Waals surface area contributed by atoms with Crippen LogP contribution < -0.4 is 0 Å². The zero-order valence-corrected chi connectivity index (χ0v) is 8.22. The predicted octanol–water partition coefficient (Wildman–Crippen LogP) is 3.42.